The SMILES string of the molecule is C=CCCC(NC(=O)[C@@H]1CCCN1C(=O)[C@@H](NC(=O)OC(C)(C)C)C(C)(C)C)C(O)C(=O)NC/C=C/C(=O)OCC.CCC. The highest BCUT2D eigenvalue weighted by Gasteiger charge is 2.43. The van der Waals surface area contributed by atoms with Crippen LogP contribution in [0.15, 0.2) is 24.8 Å². The molecule has 2 unspecified atom stereocenters. The van der Waals surface area contributed by atoms with E-state index in [2.05, 4.69) is 36.4 Å². The standard InChI is InChI=1S/C29H48N4O8.C3H8/c1-9-11-14-19(22(35)25(37)30-17-12-16-21(34)40-10-2)31-24(36)20-15-13-18-33(20)26(38)23(28(3,4)5)32-27(39)41-29(6,7)8;1-3-2/h9,12,16,19-20,22-23,35H,1,10-11,13-15,17-18H2,2-8H3,(H,30,37)(H,31,36)(H,32,39);3H2,1-2H3/b16-12+;/t19?,20-,22?,23+;/m0./s1. The van der Waals surface area contributed by atoms with Gasteiger partial charge in [-0.15, -0.1) is 6.58 Å². The second-order valence-corrected chi connectivity index (χ2v) is 12.7. The molecule has 1 heterocycles. The Kier molecular flexibility index (Phi) is 18.3. The van der Waals surface area contributed by atoms with Crippen molar-refractivity contribution in [3.63, 3.8) is 0 Å². The van der Waals surface area contributed by atoms with Crippen molar-refractivity contribution >= 4 is 29.8 Å². The van der Waals surface area contributed by atoms with E-state index < -0.39 is 65.0 Å². The monoisotopic (exact) mass is 624 g/mol. The molecule has 4 N–H and O–H groups in total. The Morgan fingerprint density at radius 3 is 2.18 bits per heavy atom. The third-order valence-corrected chi connectivity index (χ3v) is 6.21. The van der Waals surface area contributed by atoms with Crippen LogP contribution < -0.4 is 16.0 Å². The summed E-state index contributed by atoms with van der Waals surface area (Å²) in [7, 11) is 0. The molecule has 0 aromatic rings. The summed E-state index contributed by atoms with van der Waals surface area (Å²) in [5, 5.41) is 18.6. The molecule has 0 aromatic heterocycles. The van der Waals surface area contributed by atoms with E-state index in [-0.39, 0.29) is 19.6 Å². The molecular formula is C32H56N4O8. The third-order valence-electron chi connectivity index (χ3n) is 6.21. The smallest absolute Gasteiger partial charge is 0.408 e. The maximum Gasteiger partial charge on any atom is 0.408 e. The van der Waals surface area contributed by atoms with Gasteiger partial charge < -0.3 is 35.4 Å². The second kappa shape index (κ2) is 19.8. The summed E-state index contributed by atoms with van der Waals surface area (Å²) in [6, 6.07) is -2.76. The number of carbonyl (C=O) groups is 5. The molecule has 1 rings (SSSR count). The number of alkyl carbamates (subject to hydrolysis) is 1. The van der Waals surface area contributed by atoms with E-state index >= 15 is 0 Å². The summed E-state index contributed by atoms with van der Waals surface area (Å²) in [5.41, 5.74) is -1.43. The van der Waals surface area contributed by atoms with Gasteiger partial charge in [-0.25, -0.2) is 9.59 Å². The summed E-state index contributed by atoms with van der Waals surface area (Å²) >= 11 is 0. The zero-order chi connectivity index (χ0) is 34.1. The number of aliphatic hydroxyl groups is 1. The fourth-order valence-corrected chi connectivity index (χ4v) is 4.22. The maximum atomic E-state index is 13.7. The first-order valence-corrected chi connectivity index (χ1v) is 15.4. The van der Waals surface area contributed by atoms with Gasteiger partial charge in [0.1, 0.15) is 17.7 Å². The van der Waals surface area contributed by atoms with Gasteiger partial charge in [-0.1, -0.05) is 53.2 Å². The molecular weight excluding hydrogens is 568 g/mol. The van der Waals surface area contributed by atoms with Gasteiger partial charge in [-0.3, -0.25) is 14.4 Å². The van der Waals surface area contributed by atoms with Crippen LogP contribution in [0.25, 0.3) is 0 Å². The number of amides is 4. The molecule has 4 amide bonds. The highest BCUT2D eigenvalue weighted by molar-refractivity contribution is 5.93. The average molecular weight is 625 g/mol. The number of allylic oxidation sites excluding steroid dienone is 1. The van der Waals surface area contributed by atoms with Crippen LogP contribution >= 0.6 is 0 Å². The van der Waals surface area contributed by atoms with Gasteiger partial charge in [0, 0.05) is 19.2 Å². The van der Waals surface area contributed by atoms with Crippen LogP contribution in [-0.2, 0) is 28.7 Å². The number of likely N-dealkylation sites (tertiary alicyclic amines) is 1. The molecule has 0 bridgehead atoms. The van der Waals surface area contributed by atoms with Crippen LogP contribution in [0.2, 0.25) is 0 Å². The topological polar surface area (TPSA) is 163 Å². The van der Waals surface area contributed by atoms with Crippen molar-refractivity contribution in [1.82, 2.24) is 20.9 Å². The zero-order valence-corrected chi connectivity index (χ0v) is 28.2. The maximum absolute atomic E-state index is 13.7. The Morgan fingerprint density at radius 2 is 1.66 bits per heavy atom. The minimum Gasteiger partial charge on any atom is -0.463 e. The summed E-state index contributed by atoms with van der Waals surface area (Å²) in [6.45, 7) is 20.7. The number of rotatable bonds is 13. The van der Waals surface area contributed by atoms with Crippen LogP contribution in [0.5, 0.6) is 0 Å². The molecule has 1 aliphatic heterocycles. The number of nitrogens with zero attached hydrogens (tertiary/aromatic N) is 1. The predicted molar refractivity (Wildman–Crippen MR) is 169 cm³/mol. The van der Waals surface area contributed by atoms with Gasteiger partial charge in [-0.2, -0.15) is 0 Å². The molecule has 4 atom stereocenters. The number of aliphatic hydroxyl groups excluding tert-OH is 1. The number of nitrogens with one attached hydrogen (secondary N) is 3. The summed E-state index contributed by atoms with van der Waals surface area (Å²) in [4.78, 5) is 65.0. The van der Waals surface area contributed by atoms with Crippen molar-refractivity contribution < 1.29 is 38.6 Å². The van der Waals surface area contributed by atoms with Gasteiger partial charge in [-0.05, 0) is 58.8 Å². The number of esters is 1. The van der Waals surface area contributed by atoms with E-state index in [1.54, 1.807) is 54.5 Å². The molecule has 0 radical (unpaired) electrons. The van der Waals surface area contributed by atoms with Crippen LogP contribution in [0.1, 0.15) is 94.4 Å². The van der Waals surface area contributed by atoms with Crippen LogP contribution in [0, 0.1) is 5.41 Å². The first kappa shape index (κ1) is 40.6. The number of ether oxygens (including phenoxy) is 2. The second-order valence-electron chi connectivity index (χ2n) is 12.7. The van der Waals surface area contributed by atoms with E-state index in [0.29, 0.717) is 25.8 Å². The first-order valence-electron chi connectivity index (χ1n) is 15.4. The highest BCUT2D eigenvalue weighted by Crippen LogP contribution is 2.26. The molecule has 252 valence electrons. The van der Waals surface area contributed by atoms with Crippen molar-refractivity contribution in [2.45, 2.75) is 124 Å². The van der Waals surface area contributed by atoms with Crippen molar-refractivity contribution in [2.75, 3.05) is 19.7 Å². The Morgan fingerprint density at radius 1 is 1.05 bits per heavy atom. The van der Waals surface area contributed by atoms with Gasteiger partial charge >= 0.3 is 12.1 Å². The van der Waals surface area contributed by atoms with Crippen molar-refractivity contribution in [1.29, 1.82) is 0 Å². The lowest BCUT2D eigenvalue weighted by Gasteiger charge is -2.36. The first-order chi connectivity index (χ1) is 20.4. The van der Waals surface area contributed by atoms with Crippen LogP contribution in [-0.4, -0.2) is 89.3 Å². The van der Waals surface area contributed by atoms with Crippen LogP contribution in [0.4, 0.5) is 4.79 Å². The van der Waals surface area contributed by atoms with Crippen molar-refractivity contribution in [3.05, 3.63) is 24.8 Å². The molecule has 1 fully saturated rings. The molecule has 0 saturated carbocycles. The molecule has 44 heavy (non-hydrogen) atoms. The third kappa shape index (κ3) is 15.4. The summed E-state index contributed by atoms with van der Waals surface area (Å²) in [6.07, 6.45) is 4.69. The van der Waals surface area contributed by atoms with Crippen molar-refractivity contribution in [3.8, 4) is 0 Å². The van der Waals surface area contributed by atoms with Gasteiger partial charge in [0.25, 0.3) is 5.91 Å². The molecule has 12 nitrogen and oxygen atoms in total. The Hall–Kier alpha value is -3.41. The Labute approximate surface area is 263 Å². The minimum atomic E-state index is -1.59. The van der Waals surface area contributed by atoms with Gasteiger partial charge in [0.05, 0.1) is 12.6 Å². The lowest BCUT2D eigenvalue weighted by Crippen LogP contribution is -2.59. The number of carbonyl (C=O) groups excluding carboxylic acids is 5. The van der Waals surface area contributed by atoms with E-state index in [0.717, 1.165) is 0 Å². The van der Waals surface area contributed by atoms with E-state index in [4.69, 9.17) is 9.47 Å². The molecule has 12 heteroatoms. The van der Waals surface area contributed by atoms with Crippen molar-refractivity contribution in [2.24, 2.45) is 5.41 Å². The quantitative estimate of drug-likeness (QED) is 0.138. The predicted octanol–water partition coefficient (Wildman–Crippen LogP) is 3.38. The highest BCUT2D eigenvalue weighted by atomic mass is 16.6. The Balaban J connectivity index is 0.00000590. The molecule has 0 aromatic carbocycles. The zero-order valence-electron chi connectivity index (χ0n) is 28.2. The van der Waals surface area contributed by atoms with Gasteiger partial charge in [0.2, 0.25) is 11.8 Å². The average Bonchev–Trinajstić information content (AvgIpc) is 3.40. The normalized spacial score (nSPS) is 17.0. The minimum absolute atomic E-state index is 0.0272. The lowest BCUT2D eigenvalue weighted by molar-refractivity contribution is -0.143. The Bertz CT molecular complexity index is 984. The van der Waals surface area contributed by atoms with Crippen LogP contribution in [0.3, 0.4) is 0 Å². The number of hydrogen-bond donors (Lipinski definition) is 4. The molecule has 1 saturated heterocycles. The van der Waals surface area contributed by atoms with E-state index in [1.165, 1.54) is 23.5 Å². The molecule has 1 aliphatic rings. The lowest BCUT2D eigenvalue weighted by atomic mass is 9.85. The fraction of sp³-hybridized carbons (Fsp3) is 0.719. The molecule has 0 spiro atoms. The summed E-state index contributed by atoms with van der Waals surface area (Å²) in [5.74, 6) is -2.22. The van der Waals surface area contributed by atoms with E-state index in [9.17, 15) is 29.1 Å². The molecule has 0 aliphatic carbocycles. The largest absolute Gasteiger partial charge is 0.463 e. The summed E-state index contributed by atoms with van der Waals surface area (Å²) < 4.78 is 10.1. The van der Waals surface area contributed by atoms with Gasteiger partial charge in [0.15, 0.2) is 6.10 Å². The number of hydrogen-bond acceptors (Lipinski definition) is 8. The fourth-order valence-electron chi connectivity index (χ4n) is 4.22. The van der Waals surface area contributed by atoms with E-state index in [1.807, 2.05) is 0 Å².